The zero-order valence-electron chi connectivity index (χ0n) is 13.4. The number of fused-ring (bicyclic) bond motifs is 1. The van der Waals surface area contributed by atoms with Crippen LogP contribution in [0, 0.1) is 11.7 Å². The van der Waals surface area contributed by atoms with E-state index in [-0.39, 0.29) is 24.2 Å². The second kappa shape index (κ2) is 6.52. The monoisotopic (exact) mass is 310 g/mol. The molecule has 1 amide bonds. The van der Waals surface area contributed by atoms with E-state index in [2.05, 4.69) is 5.32 Å². The molecule has 0 aliphatic carbocycles. The van der Waals surface area contributed by atoms with Crippen LogP contribution < -0.4 is 15.0 Å². The molecule has 2 rings (SSSR count). The Morgan fingerprint density at radius 1 is 1.50 bits per heavy atom. The van der Waals surface area contributed by atoms with Gasteiger partial charge in [-0.1, -0.05) is 19.9 Å². The molecule has 6 heteroatoms. The lowest BCUT2D eigenvalue weighted by molar-refractivity contribution is -0.124. The number of benzene rings is 1. The Kier molecular flexibility index (Phi) is 4.90. The highest BCUT2D eigenvalue weighted by atomic mass is 19.1. The molecule has 1 aliphatic heterocycles. The van der Waals surface area contributed by atoms with Gasteiger partial charge in [-0.15, -0.1) is 0 Å². The van der Waals surface area contributed by atoms with Crippen LogP contribution >= 0.6 is 0 Å². The molecule has 22 heavy (non-hydrogen) atoms. The Labute approximate surface area is 130 Å². The summed E-state index contributed by atoms with van der Waals surface area (Å²) in [4.78, 5) is 14.1. The van der Waals surface area contributed by atoms with E-state index >= 15 is 0 Å². The third-order valence-electron chi connectivity index (χ3n) is 4.09. The van der Waals surface area contributed by atoms with E-state index in [1.807, 2.05) is 13.8 Å². The summed E-state index contributed by atoms with van der Waals surface area (Å²) in [5, 5.41) is 12.3. The first-order valence-electron chi connectivity index (χ1n) is 7.40. The minimum absolute atomic E-state index is 0.0131. The van der Waals surface area contributed by atoms with Crippen LogP contribution in [0.25, 0.3) is 0 Å². The average molecular weight is 310 g/mol. The van der Waals surface area contributed by atoms with Crippen LogP contribution in [0.5, 0.6) is 5.75 Å². The van der Waals surface area contributed by atoms with Crippen LogP contribution in [0.1, 0.15) is 19.4 Å². The molecule has 1 heterocycles. The summed E-state index contributed by atoms with van der Waals surface area (Å²) in [5.74, 6) is -0.542. The number of rotatable bonds is 3. The van der Waals surface area contributed by atoms with E-state index in [9.17, 15) is 14.3 Å². The standard InChI is InChI=1S/C16H23FN2O3/c1-9(2)14-16(21)18-11(8-20)7-10-5-6-12(22-4)13(17)15(10)19(14)3/h5-6,9,11,14,20H,7-8H2,1-4H3,(H,18,21). The van der Waals surface area contributed by atoms with Crippen LogP contribution in [0.15, 0.2) is 12.1 Å². The molecular weight excluding hydrogens is 287 g/mol. The fraction of sp³-hybridized carbons (Fsp3) is 0.562. The second-order valence-electron chi connectivity index (χ2n) is 5.98. The molecule has 0 spiro atoms. The maximum absolute atomic E-state index is 14.8. The number of carbonyl (C=O) groups is 1. The number of likely N-dealkylation sites (N-methyl/N-ethyl adjacent to an activating group) is 1. The van der Waals surface area contributed by atoms with E-state index < -0.39 is 17.9 Å². The minimum atomic E-state index is -0.519. The van der Waals surface area contributed by atoms with E-state index in [0.29, 0.717) is 12.1 Å². The summed E-state index contributed by atoms with van der Waals surface area (Å²) in [6.45, 7) is 3.63. The van der Waals surface area contributed by atoms with Crippen molar-refractivity contribution in [3.8, 4) is 5.75 Å². The van der Waals surface area contributed by atoms with E-state index in [1.165, 1.54) is 7.11 Å². The maximum Gasteiger partial charge on any atom is 0.243 e. The first-order chi connectivity index (χ1) is 10.4. The summed E-state index contributed by atoms with van der Waals surface area (Å²) in [7, 11) is 3.13. The van der Waals surface area contributed by atoms with Gasteiger partial charge in [-0.05, 0) is 24.0 Å². The fourth-order valence-electron chi connectivity index (χ4n) is 3.07. The Bertz CT molecular complexity index is 563. The zero-order valence-corrected chi connectivity index (χ0v) is 13.4. The van der Waals surface area contributed by atoms with Crippen molar-refractivity contribution in [2.24, 2.45) is 5.92 Å². The van der Waals surface area contributed by atoms with Crippen LogP contribution in [-0.2, 0) is 11.2 Å². The lowest BCUT2D eigenvalue weighted by Gasteiger charge is -2.37. The second-order valence-corrected chi connectivity index (χ2v) is 5.98. The zero-order chi connectivity index (χ0) is 16.4. The van der Waals surface area contributed by atoms with E-state index in [4.69, 9.17) is 4.74 Å². The molecule has 0 saturated heterocycles. The fourth-order valence-corrected chi connectivity index (χ4v) is 3.07. The Morgan fingerprint density at radius 2 is 2.18 bits per heavy atom. The van der Waals surface area contributed by atoms with Crippen molar-refractivity contribution in [2.45, 2.75) is 32.4 Å². The predicted molar refractivity (Wildman–Crippen MR) is 82.7 cm³/mol. The summed E-state index contributed by atoms with van der Waals surface area (Å²) in [6.07, 6.45) is 0.369. The summed E-state index contributed by atoms with van der Waals surface area (Å²) in [6, 6.07) is 2.42. The highest BCUT2D eigenvalue weighted by molar-refractivity contribution is 5.87. The Hall–Kier alpha value is -1.82. The molecule has 0 aromatic heterocycles. The SMILES string of the molecule is COc1ccc2c(c1F)N(C)C(C(C)C)C(=O)NC(CO)C2. The van der Waals surface area contributed by atoms with Gasteiger partial charge < -0.3 is 20.1 Å². The summed E-state index contributed by atoms with van der Waals surface area (Å²) in [5.41, 5.74) is 1.11. The Morgan fingerprint density at radius 3 is 2.73 bits per heavy atom. The lowest BCUT2D eigenvalue weighted by atomic mass is 9.95. The number of methoxy groups -OCH3 is 1. The predicted octanol–water partition coefficient (Wildman–Crippen LogP) is 1.33. The maximum atomic E-state index is 14.8. The van der Waals surface area contributed by atoms with Gasteiger partial charge in [-0.3, -0.25) is 4.79 Å². The van der Waals surface area contributed by atoms with E-state index in [0.717, 1.165) is 5.56 Å². The van der Waals surface area contributed by atoms with Crippen molar-refractivity contribution in [1.82, 2.24) is 5.32 Å². The van der Waals surface area contributed by atoms with Crippen molar-refractivity contribution in [3.63, 3.8) is 0 Å². The molecular formula is C16H23FN2O3. The molecule has 1 aliphatic rings. The van der Waals surface area contributed by atoms with Gasteiger partial charge in [0.25, 0.3) is 0 Å². The molecule has 0 bridgehead atoms. The van der Waals surface area contributed by atoms with Gasteiger partial charge in [0.05, 0.1) is 25.4 Å². The van der Waals surface area contributed by atoms with Gasteiger partial charge in [0.1, 0.15) is 6.04 Å². The number of aliphatic hydroxyl groups excluding tert-OH is 1. The average Bonchev–Trinajstić information content (AvgIpc) is 2.45. The number of nitrogens with zero attached hydrogens (tertiary/aromatic N) is 1. The van der Waals surface area contributed by atoms with Gasteiger partial charge in [0, 0.05) is 7.05 Å². The number of hydrogen-bond acceptors (Lipinski definition) is 4. The van der Waals surface area contributed by atoms with Crippen molar-refractivity contribution in [1.29, 1.82) is 0 Å². The van der Waals surface area contributed by atoms with Crippen molar-refractivity contribution in [2.75, 3.05) is 25.7 Å². The number of halogens is 1. The lowest BCUT2D eigenvalue weighted by Crippen LogP contribution is -2.54. The molecule has 122 valence electrons. The van der Waals surface area contributed by atoms with Crippen molar-refractivity contribution < 1.29 is 19.0 Å². The van der Waals surface area contributed by atoms with Gasteiger partial charge in [0.15, 0.2) is 11.6 Å². The number of ether oxygens (including phenoxy) is 1. The Balaban J connectivity index is 2.60. The molecule has 1 aromatic rings. The number of nitrogens with one attached hydrogen (secondary N) is 1. The highest BCUT2D eigenvalue weighted by Gasteiger charge is 2.34. The molecule has 0 radical (unpaired) electrons. The van der Waals surface area contributed by atoms with Gasteiger partial charge in [-0.2, -0.15) is 0 Å². The largest absolute Gasteiger partial charge is 0.494 e. The minimum Gasteiger partial charge on any atom is -0.494 e. The first kappa shape index (κ1) is 16.5. The number of carbonyl (C=O) groups excluding carboxylic acids is 1. The van der Waals surface area contributed by atoms with Gasteiger partial charge in [-0.25, -0.2) is 4.39 Å². The molecule has 2 unspecified atom stereocenters. The third kappa shape index (κ3) is 2.88. The number of amides is 1. The molecule has 0 saturated carbocycles. The quantitative estimate of drug-likeness (QED) is 0.884. The molecule has 0 fully saturated rings. The summed E-state index contributed by atoms with van der Waals surface area (Å²) >= 11 is 0. The highest BCUT2D eigenvalue weighted by Crippen LogP contribution is 2.34. The van der Waals surface area contributed by atoms with Crippen LogP contribution in [0.2, 0.25) is 0 Å². The van der Waals surface area contributed by atoms with Gasteiger partial charge in [0.2, 0.25) is 5.91 Å². The molecule has 5 nitrogen and oxygen atoms in total. The van der Waals surface area contributed by atoms with Crippen LogP contribution in [-0.4, -0.2) is 43.9 Å². The molecule has 1 aromatic carbocycles. The normalized spacial score (nSPS) is 22.0. The van der Waals surface area contributed by atoms with Crippen LogP contribution in [0.4, 0.5) is 10.1 Å². The van der Waals surface area contributed by atoms with Crippen LogP contribution in [0.3, 0.4) is 0 Å². The van der Waals surface area contributed by atoms with Gasteiger partial charge >= 0.3 is 0 Å². The first-order valence-corrected chi connectivity index (χ1v) is 7.40. The van der Waals surface area contributed by atoms with E-state index in [1.54, 1.807) is 24.1 Å². The number of hydrogen-bond donors (Lipinski definition) is 2. The smallest absolute Gasteiger partial charge is 0.243 e. The number of anilines is 1. The van der Waals surface area contributed by atoms with Crippen molar-refractivity contribution >= 4 is 11.6 Å². The van der Waals surface area contributed by atoms with Crippen molar-refractivity contribution in [3.05, 3.63) is 23.5 Å². The third-order valence-corrected chi connectivity index (χ3v) is 4.09. The molecule has 2 atom stereocenters. The molecule has 2 N–H and O–H groups in total. The number of aliphatic hydroxyl groups is 1. The topological polar surface area (TPSA) is 61.8 Å². The summed E-state index contributed by atoms with van der Waals surface area (Å²) < 4.78 is 19.8.